The molecule has 0 aliphatic rings. The Hall–Kier alpha value is -3.63. The summed E-state index contributed by atoms with van der Waals surface area (Å²) in [6.07, 6.45) is 0. The number of carboxylic acid groups (broad SMARTS) is 1. The molecule has 2 aromatic heterocycles. The van der Waals surface area contributed by atoms with E-state index in [2.05, 4.69) is 41.0 Å². The van der Waals surface area contributed by atoms with Crippen molar-refractivity contribution in [3.05, 3.63) is 107 Å². The van der Waals surface area contributed by atoms with Crippen LogP contribution in [0.5, 0.6) is 0 Å². The zero-order valence-electron chi connectivity index (χ0n) is 17.1. The van der Waals surface area contributed by atoms with E-state index in [1.807, 2.05) is 61.5 Å². The monoisotopic (exact) mass is 423 g/mol. The lowest BCUT2D eigenvalue weighted by Crippen LogP contribution is -2.02. The molecule has 0 spiro atoms. The molecular formula is C27H21NO2S. The molecule has 0 saturated carbocycles. The van der Waals surface area contributed by atoms with Crippen LogP contribution in [0.4, 0.5) is 0 Å². The maximum absolute atomic E-state index is 12.0. The molecule has 4 heteroatoms. The Morgan fingerprint density at radius 1 is 0.839 bits per heavy atom. The number of aromatic nitrogens is 1. The maximum Gasteiger partial charge on any atom is 0.346 e. The van der Waals surface area contributed by atoms with Crippen molar-refractivity contribution >= 4 is 27.5 Å². The standard InChI is InChI=1S/C27H21NO2S/c1-18-22-23(20-13-7-3-8-14-20)24(21-15-9-4-10-16-21)28(17-19-11-5-2-6-12-19)26(22)31-25(18)27(29)30/h2-16H,17H2,1H3,(H,29,30). The second-order valence-electron chi connectivity index (χ2n) is 7.57. The molecule has 31 heavy (non-hydrogen) atoms. The van der Waals surface area contributed by atoms with Crippen LogP contribution >= 0.6 is 11.3 Å². The number of hydrogen-bond acceptors (Lipinski definition) is 2. The van der Waals surface area contributed by atoms with Crippen molar-refractivity contribution in [1.82, 2.24) is 4.57 Å². The number of aryl methyl sites for hydroxylation is 1. The average molecular weight is 424 g/mol. The maximum atomic E-state index is 12.0. The molecule has 0 fully saturated rings. The number of hydrogen-bond donors (Lipinski definition) is 1. The highest BCUT2D eigenvalue weighted by Gasteiger charge is 2.26. The summed E-state index contributed by atoms with van der Waals surface area (Å²) in [5.74, 6) is -0.870. The SMILES string of the molecule is Cc1c(C(=O)O)sc2c1c(-c1ccccc1)c(-c1ccccc1)n2Cc1ccccc1. The van der Waals surface area contributed by atoms with E-state index in [4.69, 9.17) is 0 Å². The highest BCUT2D eigenvalue weighted by molar-refractivity contribution is 7.20. The molecule has 5 rings (SSSR count). The first-order chi connectivity index (χ1) is 15.1. The van der Waals surface area contributed by atoms with Crippen LogP contribution < -0.4 is 0 Å². The van der Waals surface area contributed by atoms with Crippen LogP contribution in [-0.4, -0.2) is 15.6 Å². The van der Waals surface area contributed by atoms with Gasteiger partial charge in [0.15, 0.2) is 0 Å². The van der Waals surface area contributed by atoms with E-state index in [1.165, 1.54) is 16.9 Å². The van der Waals surface area contributed by atoms with E-state index in [0.717, 1.165) is 38.2 Å². The van der Waals surface area contributed by atoms with E-state index < -0.39 is 5.97 Å². The molecule has 0 amide bonds. The zero-order chi connectivity index (χ0) is 21.4. The average Bonchev–Trinajstić information content (AvgIpc) is 3.31. The first-order valence-electron chi connectivity index (χ1n) is 10.2. The Kier molecular flexibility index (Phi) is 4.92. The van der Waals surface area contributed by atoms with E-state index in [9.17, 15) is 9.90 Å². The van der Waals surface area contributed by atoms with Crippen molar-refractivity contribution in [1.29, 1.82) is 0 Å². The smallest absolute Gasteiger partial charge is 0.346 e. The summed E-state index contributed by atoms with van der Waals surface area (Å²) < 4.78 is 2.28. The lowest BCUT2D eigenvalue weighted by atomic mass is 9.97. The minimum atomic E-state index is -0.870. The van der Waals surface area contributed by atoms with E-state index in [-0.39, 0.29) is 0 Å². The fourth-order valence-electron chi connectivity index (χ4n) is 4.24. The van der Waals surface area contributed by atoms with Crippen molar-refractivity contribution in [2.45, 2.75) is 13.5 Å². The topological polar surface area (TPSA) is 42.2 Å². The van der Waals surface area contributed by atoms with E-state index in [1.54, 1.807) is 0 Å². The third-order valence-corrected chi connectivity index (χ3v) is 6.92. The van der Waals surface area contributed by atoms with Crippen LogP contribution in [-0.2, 0) is 6.54 Å². The Bertz CT molecular complexity index is 1370. The molecule has 5 aromatic rings. The first-order valence-corrected chi connectivity index (χ1v) is 11.0. The summed E-state index contributed by atoms with van der Waals surface area (Å²) in [4.78, 5) is 13.4. The molecule has 0 radical (unpaired) electrons. The highest BCUT2D eigenvalue weighted by atomic mass is 32.1. The van der Waals surface area contributed by atoms with Crippen LogP contribution in [0.15, 0.2) is 91.0 Å². The van der Waals surface area contributed by atoms with Crippen LogP contribution in [0.3, 0.4) is 0 Å². The fraction of sp³-hybridized carbons (Fsp3) is 0.0741. The Morgan fingerprint density at radius 2 is 1.39 bits per heavy atom. The van der Waals surface area contributed by atoms with Crippen LogP contribution in [0, 0.1) is 6.92 Å². The van der Waals surface area contributed by atoms with Crippen molar-refractivity contribution in [3.8, 4) is 22.4 Å². The molecule has 1 N–H and O–H groups in total. The molecule has 2 heterocycles. The quantitative estimate of drug-likeness (QED) is 0.328. The second kappa shape index (κ2) is 7.89. The molecule has 0 saturated heterocycles. The fourth-order valence-corrected chi connectivity index (χ4v) is 5.40. The predicted molar refractivity (Wildman–Crippen MR) is 128 cm³/mol. The van der Waals surface area contributed by atoms with Gasteiger partial charge < -0.3 is 9.67 Å². The van der Waals surface area contributed by atoms with Crippen LogP contribution in [0.25, 0.3) is 32.6 Å². The third kappa shape index (κ3) is 3.35. The number of fused-ring (bicyclic) bond motifs is 1. The van der Waals surface area contributed by atoms with Crippen LogP contribution in [0.1, 0.15) is 20.8 Å². The molecule has 0 aliphatic heterocycles. The second-order valence-corrected chi connectivity index (χ2v) is 8.57. The number of carboxylic acids is 1. The number of aromatic carboxylic acids is 1. The summed E-state index contributed by atoms with van der Waals surface area (Å²) >= 11 is 1.37. The highest BCUT2D eigenvalue weighted by Crippen LogP contribution is 2.46. The summed E-state index contributed by atoms with van der Waals surface area (Å²) in [6.45, 7) is 2.60. The Balaban J connectivity index is 1.90. The summed E-state index contributed by atoms with van der Waals surface area (Å²) in [6, 6.07) is 31.0. The van der Waals surface area contributed by atoms with E-state index >= 15 is 0 Å². The number of rotatable bonds is 5. The normalized spacial score (nSPS) is 11.1. The Morgan fingerprint density at radius 3 is 1.97 bits per heavy atom. The molecule has 0 bridgehead atoms. The van der Waals surface area contributed by atoms with Gasteiger partial charge in [0.1, 0.15) is 9.71 Å². The minimum Gasteiger partial charge on any atom is -0.477 e. The van der Waals surface area contributed by atoms with Crippen LogP contribution in [0.2, 0.25) is 0 Å². The molecule has 3 nitrogen and oxygen atoms in total. The van der Waals surface area contributed by atoms with Gasteiger partial charge in [-0.25, -0.2) is 4.79 Å². The molecule has 0 aliphatic carbocycles. The predicted octanol–water partition coefficient (Wildman–Crippen LogP) is 7.09. The summed E-state index contributed by atoms with van der Waals surface area (Å²) in [7, 11) is 0. The van der Waals surface area contributed by atoms with Gasteiger partial charge in [0.25, 0.3) is 0 Å². The van der Waals surface area contributed by atoms with Crippen molar-refractivity contribution in [2.24, 2.45) is 0 Å². The van der Waals surface area contributed by atoms with Gasteiger partial charge in [-0.3, -0.25) is 0 Å². The summed E-state index contributed by atoms with van der Waals surface area (Å²) in [5, 5.41) is 10.8. The van der Waals surface area contributed by atoms with E-state index in [0.29, 0.717) is 11.4 Å². The third-order valence-electron chi connectivity index (χ3n) is 5.62. The van der Waals surface area contributed by atoms with Gasteiger partial charge in [0.2, 0.25) is 0 Å². The largest absolute Gasteiger partial charge is 0.477 e. The number of carbonyl (C=O) groups is 1. The Labute approximate surface area is 184 Å². The van der Waals surface area contributed by atoms with Gasteiger partial charge in [-0.15, -0.1) is 11.3 Å². The molecule has 152 valence electrons. The van der Waals surface area contributed by atoms with Gasteiger partial charge >= 0.3 is 5.97 Å². The van der Waals surface area contributed by atoms with Gasteiger partial charge in [-0.2, -0.15) is 0 Å². The lowest BCUT2D eigenvalue weighted by Gasteiger charge is -2.13. The molecular weight excluding hydrogens is 402 g/mol. The molecule has 0 atom stereocenters. The van der Waals surface area contributed by atoms with Gasteiger partial charge in [0, 0.05) is 17.5 Å². The van der Waals surface area contributed by atoms with Gasteiger partial charge in [-0.05, 0) is 29.2 Å². The minimum absolute atomic E-state index is 0.406. The van der Waals surface area contributed by atoms with Crippen molar-refractivity contribution in [2.75, 3.05) is 0 Å². The van der Waals surface area contributed by atoms with Crippen molar-refractivity contribution in [3.63, 3.8) is 0 Å². The number of thiophene rings is 1. The number of nitrogens with zero attached hydrogens (tertiary/aromatic N) is 1. The zero-order valence-corrected chi connectivity index (χ0v) is 17.9. The number of benzene rings is 3. The lowest BCUT2D eigenvalue weighted by molar-refractivity contribution is 0.0701. The molecule has 3 aromatic carbocycles. The van der Waals surface area contributed by atoms with Crippen molar-refractivity contribution < 1.29 is 9.90 Å². The van der Waals surface area contributed by atoms with Gasteiger partial charge in [-0.1, -0.05) is 91.0 Å². The summed E-state index contributed by atoms with van der Waals surface area (Å²) in [5.41, 5.74) is 6.44. The first kappa shape index (κ1) is 19.3. The molecule has 0 unspecified atom stereocenters. The van der Waals surface area contributed by atoms with Gasteiger partial charge in [0.05, 0.1) is 5.69 Å².